The zero-order chi connectivity index (χ0) is 15.5. The summed E-state index contributed by atoms with van der Waals surface area (Å²) in [6, 6.07) is 10.4. The molecule has 0 amide bonds. The van der Waals surface area contributed by atoms with Crippen molar-refractivity contribution in [1.82, 2.24) is 9.71 Å². The highest BCUT2D eigenvalue weighted by Gasteiger charge is 2.32. The number of benzene rings is 1. The van der Waals surface area contributed by atoms with Gasteiger partial charge in [0.05, 0.1) is 16.5 Å². The van der Waals surface area contributed by atoms with Gasteiger partial charge in [-0.25, -0.2) is 8.42 Å². The Hall–Kier alpha value is -1.97. The number of nitrogens with zero attached hydrogens (tertiary/aromatic N) is 2. The van der Waals surface area contributed by atoms with Crippen molar-refractivity contribution in [3.8, 4) is 6.07 Å². The lowest BCUT2D eigenvalue weighted by atomic mass is 9.97. The number of aromatic nitrogens is 1. The number of nitriles is 1. The standard InChI is InChI=1S/C15H17N3O2S/c1-3-15(4-2,11-16)18-21(19,20)14-9-5-8-13-12(14)7-6-10-17-13/h5-10,18H,3-4H2,1-2H3. The van der Waals surface area contributed by atoms with Crippen LogP contribution in [0.2, 0.25) is 0 Å². The summed E-state index contributed by atoms with van der Waals surface area (Å²) in [6.07, 6.45) is 2.42. The molecule has 0 bridgehead atoms. The van der Waals surface area contributed by atoms with E-state index in [1.807, 2.05) is 0 Å². The zero-order valence-electron chi connectivity index (χ0n) is 12.0. The number of hydrogen-bond acceptors (Lipinski definition) is 4. The Kier molecular flexibility index (Phi) is 4.26. The van der Waals surface area contributed by atoms with Crippen LogP contribution in [-0.2, 0) is 10.0 Å². The molecule has 0 unspecified atom stereocenters. The number of nitrogens with one attached hydrogen (secondary N) is 1. The van der Waals surface area contributed by atoms with Gasteiger partial charge in [0.25, 0.3) is 0 Å². The Morgan fingerprint density at radius 1 is 1.24 bits per heavy atom. The maximum atomic E-state index is 12.6. The van der Waals surface area contributed by atoms with Gasteiger partial charge in [-0.15, -0.1) is 0 Å². The van der Waals surface area contributed by atoms with Crippen LogP contribution in [0.25, 0.3) is 10.9 Å². The van der Waals surface area contributed by atoms with E-state index in [4.69, 9.17) is 0 Å². The van der Waals surface area contributed by atoms with Crippen LogP contribution in [-0.4, -0.2) is 18.9 Å². The third-order valence-corrected chi connectivity index (χ3v) is 5.24. The largest absolute Gasteiger partial charge is 0.256 e. The van der Waals surface area contributed by atoms with Crippen LogP contribution >= 0.6 is 0 Å². The first kappa shape index (κ1) is 15.4. The fourth-order valence-corrected chi connectivity index (χ4v) is 3.88. The van der Waals surface area contributed by atoms with Gasteiger partial charge in [0.2, 0.25) is 10.0 Å². The Labute approximate surface area is 124 Å². The number of rotatable bonds is 5. The molecule has 6 heteroatoms. The Balaban J connectivity index is 2.56. The summed E-state index contributed by atoms with van der Waals surface area (Å²) in [5.41, 5.74) is -0.473. The molecule has 0 saturated carbocycles. The molecule has 21 heavy (non-hydrogen) atoms. The topological polar surface area (TPSA) is 82.9 Å². The van der Waals surface area contributed by atoms with Gasteiger partial charge in [-0.3, -0.25) is 4.98 Å². The van der Waals surface area contributed by atoms with E-state index in [9.17, 15) is 13.7 Å². The van der Waals surface area contributed by atoms with Gasteiger partial charge in [-0.2, -0.15) is 9.98 Å². The first-order valence-corrected chi connectivity index (χ1v) is 8.25. The molecule has 0 spiro atoms. The van der Waals surface area contributed by atoms with Crippen molar-refractivity contribution < 1.29 is 8.42 Å². The van der Waals surface area contributed by atoms with Crippen LogP contribution in [0.4, 0.5) is 0 Å². The molecule has 0 fully saturated rings. The van der Waals surface area contributed by atoms with Gasteiger partial charge in [0.1, 0.15) is 5.54 Å². The maximum absolute atomic E-state index is 12.6. The van der Waals surface area contributed by atoms with Crippen molar-refractivity contribution in [3.05, 3.63) is 36.5 Å². The van der Waals surface area contributed by atoms with Crippen molar-refractivity contribution in [2.24, 2.45) is 0 Å². The summed E-state index contributed by atoms with van der Waals surface area (Å²) in [6.45, 7) is 3.58. The van der Waals surface area contributed by atoms with E-state index in [-0.39, 0.29) is 4.90 Å². The molecule has 1 aromatic carbocycles. The molecule has 5 nitrogen and oxygen atoms in total. The van der Waals surface area contributed by atoms with E-state index < -0.39 is 15.6 Å². The molecular formula is C15H17N3O2S. The molecule has 0 aliphatic rings. The maximum Gasteiger partial charge on any atom is 0.242 e. The number of pyridine rings is 1. The summed E-state index contributed by atoms with van der Waals surface area (Å²) in [7, 11) is -3.79. The first-order chi connectivity index (χ1) is 9.98. The highest BCUT2D eigenvalue weighted by atomic mass is 32.2. The summed E-state index contributed by atoms with van der Waals surface area (Å²) in [5, 5.41) is 9.86. The van der Waals surface area contributed by atoms with Crippen molar-refractivity contribution >= 4 is 20.9 Å². The number of hydrogen-bond donors (Lipinski definition) is 1. The van der Waals surface area contributed by atoms with E-state index >= 15 is 0 Å². The minimum Gasteiger partial charge on any atom is -0.256 e. The highest BCUT2D eigenvalue weighted by Crippen LogP contribution is 2.24. The minimum atomic E-state index is -3.79. The van der Waals surface area contributed by atoms with E-state index in [2.05, 4.69) is 15.8 Å². The highest BCUT2D eigenvalue weighted by molar-refractivity contribution is 7.89. The van der Waals surface area contributed by atoms with Crippen LogP contribution < -0.4 is 4.72 Å². The Bertz CT molecular complexity index is 785. The molecule has 1 N–H and O–H groups in total. The molecule has 0 aliphatic carbocycles. The fraction of sp³-hybridized carbons (Fsp3) is 0.333. The second-order valence-corrected chi connectivity index (χ2v) is 6.48. The zero-order valence-corrected chi connectivity index (χ0v) is 12.8. The second-order valence-electron chi connectivity index (χ2n) is 4.83. The van der Waals surface area contributed by atoms with Crippen LogP contribution in [0.1, 0.15) is 26.7 Å². The molecule has 2 aromatic rings. The minimum absolute atomic E-state index is 0.148. The van der Waals surface area contributed by atoms with Crippen LogP contribution in [0.15, 0.2) is 41.4 Å². The van der Waals surface area contributed by atoms with E-state index in [1.165, 1.54) is 6.07 Å². The van der Waals surface area contributed by atoms with Crippen molar-refractivity contribution in [2.45, 2.75) is 37.1 Å². The van der Waals surface area contributed by atoms with Gasteiger partial charge < -0.3 is 0 Å². The van der Waals surface area contributed by atoms with Gasteiger partial charge >= 0.3 is 0 Å². The predicted octanol–water partition coefficient (Wildman–Crippen LogP) is 2.60. The average molecular weight is 303 g/mol. The van der Waals surface area contributed by atoms with E-state index in [1.54, 1.807) is 44.3 Å². The normalized spacial score (nSPS) is 12.2. The molecule has 1 aromatic heterocycles. The third kappa shape index (κ3) is 2.89. The lowest BCUT2D eigenvalue weighted by Gasteiger charge is -2.24. The predicted molar refractivity (Wildman–Crippen MR) is 81.0 cm³/mol. The monoisotopic (exact) mass is 303 g/mol. The second kappa shape index (κ2) is 5.80. The quantitative estimate of drug-likeness (QED) is 0.920. The van der Waals surface area contributed by atoms with E-state index in [0.29, 0.717) is 23.7 Å². The van der Waals surface area contributed by atoms with Crippen molar-refractivity contribution in [2.75, 3.05) is 0 Å². The molecule has 110 valence electrons. The summed E-state index contributed by atoms with van der Waals surface area (Å²) in [5.74, 6) is 0. The Morgan fingerprint density at radius 2 is 1.95 bits per heavy atom. The van der Waals surface area contributed by atoms with Crippen LogP contribution in [0.5, 0.6) is 0 Å². The third-order valence-electron chi connectivity index (χ3n) is 3.65. The molecule has 0 aliphatic heterocycles. The molecular weight excluding hydrogens is 286 g/mol. The van der Waals surface area contributed by atoms with Gasteiger partial charge in [-0.1, -0.05) is 19.9 Å². The molecule has 2 rings (SSSR count). The SMILES string of the molecule is CCC(C#N)(CC)NS(=O)(=O)c1cccc2ncccc12. The van der Waals surface area contributed by atoms with Gasteiger partial charge in [-0.05, 0) is 37.1 Å². The number of sulfonamides is 1. The van der Waals surface area contributed by atoms with Gasteiger partial charge in [0.15, 0.2) is 0 Å². The lowest BCUT2D eigenvalue weighted by Crippen LogP contribution is -2.46. The summed E-state index contributed by atoms with van der Waals surface area (Å²) >= 11 is 0. The fourth-order valence-electron chi connectivity index (χ4n) is 2.20. The smallest absolute Gasteiger partial charge is 0.242 e. The van der Waals surface area contributed by atoms with Crippen LogP contribution in [0, 0.1) is 11.3 Å². The summed E-state index contributed by atoms with van der Waals surface area (Å²) < 4.78 is 27.8. The molecule has 0 saturated heterocycles. The van der Waals surface area contributed by atoms with Crippen molar-refractivity contribution in [1.29, 1.82) is 5.26 Å². The van der Waals surface area contributed by atoms with Crippen LogP contribution in [0.3, 0.4) is 0 Å². The molecule has 0 radical (unpaired) electrons. The van der Waals surface area contributed by atoms with Gasteiger partial charge in [0, 0.05) is 11.6 Å². The average Bonchev–Trinajstić information content (AvgIpc) is 2.52. The lowest BCUT2D eigenvalue weighted by molar-refractivity contribution is 0.447. The molecule has 0 atom stereocenters. The number of fused-ring (bicyclic) bond motifs is 1. The molecule has 1 heterocycles. The Morgan fingerprint density at radius 3 is 2.57 bits per heavy atom. The van der Waals surface area contributed by atoms with E-state index in [0.717, 1.165) is 0 Å². The van der Waals surface area contributed by atoms with Crippen molar-refractivity contribution in [3.63, 3.8) is 0 Å². The first-order valence-electron chi connectivity index (χ1n) is 6.77. The summed E-state index contributed by atoms with van der Waals surface area (Å²) in [4.78, 5) is 4.30.